The van der Waals surface area contributed by atoms with Crippen molar-refractivity contribution in [3.05, 3.63) is 35.6 Å². The minimum absolute atomic E-state index is 1.10. The molecule has 0 aromatic carbocycles. The zero-order chi connectivity index (χ0) is 9.72. The molecule has 0 aromatic heterocycles. The van der Waals surface area contributed by atoms with E-state index < -0.39 is 0 Å². The van der Waals surface area contributed by atoms with Gasteiger partial charge in [-0.25, -0.2) is 0 Å². The van der Waals surface area contributed by atoms with Crippen LogP contribution in [0.15, 0.2) is 35.6 Å². The molecule has 1 heteroatoms. The Bertz CT molecular complexity index is 219. The first-order valence-electron chi connectivity index (χ1n) is 4.16. The van der Waals surface area contributed by atoms with Gasteiger partial charge in [-0.15, -0.1) is 0 Å². The smallest absolute Gasteiger partial charge is 0.0387 e. The van der Waals surface area contributed by atoms with Crippen molar-refractivity contribution in [1.82, 2.24) is 4.90 Å². The summed E-state index contributed by atoms with van der Waals surface area (Å²) >= 11 is 0. The van der Waals surface area contributed by atoms with E-state index in [1.165, 1.54) is 11.3 Å². The second kappa shape index (κ2) is 4.81. The fourth-order valence-corrected chi connectivity index (χ4v) is 0.933. The van der Waals surface area contributed by atoms with E-state index >= 15 is 0 Å². The van der Waals surface area contributed by atoms with E-state index in [1.807, 2.05) is 27.9 Å². The quantitative estimate of drug-likeness (QED) is 0.581. The molecule has 0 aliphatic rings. The van der Waals surface area contributed by atoms with Gasteiger partial charge in [-0.2, -0.15) is 0 Å². The Hall–Kier alpha value is -0.980. The Balaban J connectivity index is 4.74. The molecule has 0 aromatic rings. The van der Waals surface area contributed by atoms with Gasteiger partial charge in [-0.3, -0.25) is 0 Å². The molecule has 0 atom stereocenters. The molecule has 0 saturated carbocycles. The van der Waals surface area contributed by atoms with Crippen molar-refractivity contribution < 1.29 is 0 Å². The molecule has 0 spiro atoms. The summed E-state index contributed by atoms with van der Waals surface area (Å²) in [5.74, 6) is 0. The lowest BCUT2D eigenvalue weighted by molar-refractivity contribution is 0.521. The highest BCUT2D eigenvalue weighted by Gasteiger charge is 1.99. The minimum Gasteiger partial charge on any atom is -0.377 e. The van der Waals surface area contributed by atoms with Crippen LogP contribution in [0.3, 0.4) is 0 Å². The molecule has 1 nitrogen and oxygen atoms in total. The van der Waals surface area contributed by atoms with Gasteiger partial charge in [0.15, 0.2) is 0 Å². The summed E-state index contributed by atoms with van der Waals surface area (Å²) in [5.41, 5.74) is 3.55. The largest absolute Gasteiger partial charge is 0.377 e. The maximum atomic E-state index is 3.93. The Labute approximate surface area is 76.1 Å². The Morgan fingerprint density at radius 3 is 2.00 bits per heavy atom. The monoisotopic (exact) mass is 165 g/mol. The number of hydrogen-bond donors (Lipinski definition) is 0. The van der Waals surface area contributed by atoms with Gasteiger partial charge in [0.2, 0.25) is 0 Å². The van der Waals surface area contributed by atoms with E-state index in [0.29, 0.717) is 0 Å². The molecule has 0 heterocycles. The number of rotatable bonds is 3. The number of likely N-dealkylation sites (N-methyl/N-ethyl adjacent to an activating group) is 1. The number of allylic oxidation sites excluding steroid dienone is 4. The van der Waals surface area contributed by atoms with Gasteiger partial charge in [0.25, 0.3) is 0 Å². The molecule has 0 unspecified atom stereocenters. The summed E-state index contributed by atoms with van der Waals surface area (Å²) in [5, 5.41) is 0. The Morgan fingerprint density at radius 1 is 1.25 bits per heavy atom. The minimum atomic E-state index is 1.10. The lowest BCUT2D eigenvalue weighted by atomic mass is 10.1. The molecule has 0 fully saturated rings. The topological polar surface area (TPSA) is 3.24 Å². The van der Waals surface area contributed by atoms with Crippen molar-refractivity contribution in [2.45, 2.75) is 20.8 Å². The number of hydrogen-bond acceptors (Lipinski definition) is 1. The maximum absolute atomic E-state index is 3.93. The fourth-order valence-electron chi connectivity index (χ4n) is 0.933. The molecular weight excluding hydrogens is 146 g/mol. The van der Waals surface area contributed by atoms with Crippen molar-refractivity contribution in [1.29, 1.82) is 0 Å². The summed E-state index contributed by atoms with van der Waals surface area (Å²) in [4.78, 5) is 2.08. The van der Waals surface area contributed by atoms with Crippen molar-refractivity contribution in [3.8, 4) is 0 Å². The molecular formula is C11H19N. The molecule has 0 N–H and O–H groups in total. The first-order valence-corrected chi connectivity index (χ1v) is 4.16. The van der Waals surface area contributed by atoms with E-state index in [2.05, 4.69) is 30.6 Å². The van der Waals surface area contributed by atoms with Crippen LogP contribution in [0, 0.1) is 0 Å². The predicted molar refractivity (Wildman–Crippen MR) is 56.0 cm³/mol. The zero-order valence-electron chi connectivity index (χ0n) is 8.81. The molecule has 68 valence electrons. The summed E-state index contributed by atoms with van der Waals surface area (Å²) in [7, 11) is 4.06. The second-order valence-corrected chi connectivity index (χ2v) is 3.24. The van der Waals surface area contributed by atoms with Crippen LogP contribution in [0.5, 0.6) is 0 Å². The molecule has 0 amide bonds. The summed E-state index contributed by atoms with van der Waals surface area (Å²) in [6, 6.07) is 0. The van der Waals surface area contributed by atoms with Crippen LogP contribution in [0.4, 0.5) is 0 Å². The Morgan fingerprint density at radius 2 is 1.75 bits per heavy atom. The van der Waals surface area contributed by atoms with Gasteiger partial charge < -0.3 is 4.90 Å². The van der Waals surface area contributed by atoms with Crippen LogP contribution in [0.2, 0.25) is 0 Å². The lowest BCUT2D eigenvalue weighted by Crippen LogP contribution is -2.11. The zero-order valence-corrected chi connectivity index (χ0v) is 8.81. The summed E-state index contributed by atoms with van der Waals surface area (Å²) in [6.07, 6.45) is 4.23. The van der Waals surface area contributed by atoms with Crippen LogP contribution >= 0.6 is 0 Å². The highest BCUT2D eigenvalue weighted by Crippen LogP contribution is 2.12. The highest BCUT2D eigenvalue weighted by atomic mass is 15.1. The lowest BCUT2D eigenvalue weighted by Gasteiger charge is -2.17. The normalized spacial score (nSPS) is 13.1. The second-order valence-electron chi connectivity index (χ2n) is 3.24. The average Bonchev–Trinajstić information content (AvgIpc) is 1.98. The van der Waals surface area contributed by atoms with E-state index in [4.69, 9.17) is 0 Å². The van der Waals surface area contributed by atoms with Gasteiger partial charge in [0.05, 0.1) is 0 Å². The van der Waals surface area contributed by atoms with Gasteiger partial charge >= 0.3 is 0 Å². The molecule has 0 aliphatic carbocycles. The van der Waals surface area contributed by atoms with Crippen LogP contribution in [0.25, 0.3) is 0 Å². The SMILES string of the molecule is C=C(C)/C(=C\C(C)=C/C)N(C)C. The average molecular weight is 165 g/mol. The van der Waals surface area contributed by atoms with Crippen molar-refractivity contribution in [2.24, 2.45) is 0 Å². The third-order valence-corrected chi connectivity index (χ3v) is 1.74. The van der Waals surface area contributed by atoms with Gasteiger partial charge in [0.1, 0.15) is 0 Å². The molecule has 12 heavy (non-hydrogen) atoms. The van der Waals surface area contributed by atoms with Gasteiger partial charge in [-0.1, -0.05) is 18.2 Å². The van der Waals surface area contributed by atoms with E-state index in [-0.39, 0.29) is 0 Å². The maximum Gasteiger partial charge on any atom is 0.0387 e. The van der Waals surface area contributed by atoms with E-state index in [1.54, 1.807) is 0 Å². The predicted octanol–water partition coefficient (Wildman–Crippen LogP) is 2.97. The van der Waals surface area contributed by atoms with Crippen molar-refractivity contribution in [2.75, 3.05) is 14.1 Å². The first kappa shape index (κ1) is 11.0. The summed E-state index contributed by atoms with van der Waals surface area (Å²) < 4.78 is 0. The van der Waals surface area contributed by atoms with Gasteiger partial charge in [-0.05, 0) is 32.4 Å². The van der Waals surface area contributed by atoms with Crippen molar-refractivity contribution in [3.63, 3.8) is 0 Å². The Kier molecular flexibility index (Phi) is 4.42. The third kappa shape index (κ3) is 3.42. The fraction of sp³-hybridized carbons (Fsp3) is 0.455. The van der Waals surface area contributed by atoms with E-state index in [9.17, 15) is 0 Å². The first-order chi connectivity index (χ1) is 5.49. The summed E-state index contributed by atoms with van der Waals surface area (Å²) in [6.45, 7) is 10.1. The van der Waals surface area contributed by atoms with Crippen LogP contribution in [-0.4, -0.2) is 19.0 Å². The van der Waals surface area contributed by atoms with Crippen LogP contribution < -0.4 is 0 Å². The number of nitrogens with zero attached hydrogens (tertiary/aromatic N) is 1. The molecule has 0 aliphatic heterocycles. The third-order valence-electron chi connectivity index (χ3n) is 1.74. The highest BCUT2D eigenvalue weighted by molar-refractivity contribution is 5.32. The molecule has 0 radical (unpaired) electrons. The van der Waals surface area contributed by atoms with Crippen molar-refractivity contribution >= 4 is 0 Å². The van der Waals surface area contributed by atoms with Gasteiger partial charge in [0, 0.05) is 19.8 Å². The van der Waals surface area contributed by atoms with Crippen LogP contribution in [-0.2, 0) is 0 Å². The van der Waals surface area contributed by atoms with Crippen LogP contribution in [0.1, 0.15) is 20.8 Å². The molecule has 0 saturated heterocycles. The molecule has 0 rings (SSSR count). The van der Waals surface area contributed by atoms with E-state index in [0.717, 1.165) is 5.57 Å². The standard InChI is InChI=1S/C11H19N/c1-7-10(4)8-11(9(2)3)12(5)6/h7-8H,2H2,1,3-6H3/b10-7-,11-8+. The molecule has 0 bridgehead atoms.